The summed E-state index contributed by atoms with van der Waals surface area (Å²) in [6.07, 6.45) is 5.77. The minimum absolute atomic E-state index is 0.0720. The molecule has 0 unspecified atom stereocenters. The highest BCUT2D eigenvalue weighted by atomic mass is 35.5. The lowest BCUT2D eigenvalue weighted by atomic mass is 9.91. The SMILES string of the molecule is CN(CC(=O)Nc1cccnc1Cl)C1CCC(N)CC1. The minimum atomic E-state index is -0.0720. The molecule has 0 bridgehead atoms. The summed E-state index contributed by atoms with van der Waals surface area (Å²) in [5, 5.41) is 3.10. The number of likely N-dealkylation sites (N-methyl/N-ethyl adjacent to an activating group) is 1. The van der Waals surface area contributed by atoms with Gasteiger partial charge in [-0.1, -0.05) is 11.6 Å². The maximum absolute atomic E-state index is 12.0. The number of carbonyl (C=O) groups is 1. The number of nitrogens with two attached hydrogens (primary N) is 1. The summed E-state index contributed by atoms with van der Waals surface area (Å²) >= 11 is 5.92. The Kier molecular flexibility index (Phi) is 5.34. The first kappa shape index (κ1) is 15.2. The number of carbonyl (C=O) groups excluding carboxylic acids is 1. The molecule has 1 aliphatic carbocycles. The van der Waals surface area contributed by atoms with E-state index in [4.69, 9.17) is 17.3 Å². The van der Waals surface area contributed by atoms with E-state index in [2.05, 4.69) is 15.2 Å². The number of nitrogens with zero attached hydrogens (tertiary/aromatic N) is 2. The van der Waals surface area contributed by atoms with Crippen LogP contribution in [0.4, 0.5) is 5.69 Å². The predicted molar refractivity (Wildman–Crippen MR) is 80.7 cm³/mol. The summed E-state index contributed by atoms with van der Waals surface area (Å²) in [4.78, 5) is 18.0. The van der Waals surface area contributed by atoms with Crippen molar-refractivity contribution in [1.82, 2.24) is 9.88 Å². The summed E-state index contributed by atoms with van der Waals surface area (Å²) in [5.41, 5.74) is 6.45. The van der Waals surface area contributed by atoms with Crippen molar-refractivity contribution in [2.75, 3.05) is 18.9 Å². The van der Waals surface area contributed by atoms with Crippen molar-refractivity contribution >= 4 is 23.2 Å². The van der Waals surface area contributed by atoms with Crippen molar-refractivity contribution < 1.29 is 4.79 Å². The highest BCUT2D eigenvalue weighted by Gasteiger charge is 2.23. The van der Waals surface area contributed by atoms with Gasteiger partial charge in [0.2, 0.25) is 5.91 Å². The number of amides is 1. The Morgan fingerprint density at radius 3 is 2.85 bits per heavy atom. The maximum atomic E-state index is 12.0. The van der Waals surface area contributed by atoms with Crippen LogP contribution in [0, 0.1) is 0 Å². The second-order valence-corrected chi connectivity index (χ2v) is 5.73. The molecule has 0 saturated heterocycles. The van der Waals surface area contributed by atoms with Crippen LogP contribution in [0.25, 0.3) is 0 Å². The third-order valence-corrected chi connectivity index (χ3v) is 4.09. The molecule has 0 radical (unpaired) electrons. The molecule has 1 saturated carbocycles. The van der Waals surface area contributed by atoms with E-state index in [1.165, 1.54) is 0 Å². The van der Waals surface area contributed by atoms with Gasteiger partial charge in [-0.15, -0.1) is 0 Å². The predicted octanol–water partition coefficient (Wildman–Crippen LogP) is 1.88. The number of halogens is 1. The average molecular weight is 297 g/mol. The molecular formula is C14H21ClN4O. The van der Waals surface area contributed by atoms with Crippen LogP contribution in [-0.4, -0.2) is 41.5 Å². The molecule has 1 fully saturated rings. The fourth-order valence-corrected chi connectivity index (χ4v) is 2.73. The standard InChI is InChI=1S/C14H21ClN4O/c1-19(11-6-4-10(16)5-7-11)9-13(20)18-12-3-2-8-17-14(12)15/h2-3,8,10-11H,4-7,9,16H2,1H3,(H,18,20). The van der Waals surface area contributed by atoms with Gasteiger partial charge >= 0.3 is 0 Å². The van der Waals surface area contributed by atoms with E-state index in [0.29, 0.717) is 29.5 Å². The zero-order chi connectivity index (χ0) is 14.5. The van der Waals surface area contributed by atoms with Gasteiger partial charge in [-0.05, 0) is 44.9 Å². The van der Waals surface area contributed by atoms with E-state index >= 15 is 0 Å². The molecule has 1 heterocycles. The Morgan fingerprint density at radius 2 is 2.20 bits per heavy atom. The number of nitrogens with one attached hydrogen (secondary N) is 1. The first-order valence-electron chi connectivity index (χ1n) is 6.92. The third-order valence-electron chi connectivity index (χ3n) is 3.79. The molecule has 1 aromatic heterocycles. The molecule has 0 atom stereocenters. The van der Waals surface area contributed by atoms with E-state index in [-0.39, 0.29) is 5.91 Å². The lowest BCUT2D eigenvalue weighted by molar-refractivity contribution is -0.117. The topological polar surface area (TPSA) is 71.2 Å². The van der Waals surface area contributed by atoms with Crippen molar-refractivity contribution in [3.05, 3.63) is 23.5 Å². The zero-order valence-electron chi connectivity index (χ0n) is 11.7. The molecule has 1 aliphatic rings. The van der Waals surface area contributed by atoms with Gasteiger partial charge in [-0.3, -0.25) is 9.69 Å². The number of hydrogen-bond donors (Lipinski definition) is 2. The molecule has 2 rings (SSSR count). The van der Waals surface area contributed by atoms with Crippen molar-refractivity contribution in [2.45, 2.75) is 37.8 Å². The van der Waals surface area contributed by atoms with Crippen molar-refractivity contribution in [2.24, 2.45) is 5.73 Å². The van der Waals surface area contributed by atoms with Crippen LogP contribution in [-0.2, 0) is 4.79 Å². The van der Waals surface area contributed by atoms with E-state index < -0.39 is 0 Å². The Hall–Kier alpha value is -1.17. The van der Waals surface area contributed by atoms with Crippen LogP contribution in [0.1, 0.15) is 25.7 Å². The highest BCUT2D eigenvalue weighted by Crippen LogP contribution is 2.21. The van der Waals surface area contributed by atoms with E-state index in [1.807, 2.05) is 7.05 Å². The molecule has 5 nitrogen and oxygen atoms in total. The quantitative estimate of drug-likeness (QED) is 0.832. The van der Waals surface area contributed by atoms with Crippen molar-refractivity contribution in [3.63, 3.8) is 0 Å². The number of aromatic nitrogens is 1. The molecule has 0 spiro atoms. The van der Waals surface area contributed by atoms with Crippen molar-refractivity contribution in [3.8, 4) is 0 Å². The number of pyridine rings is 1. The summed E-state index contributed by atoms with van der Waals surface area (Å²) < 4.78 is 0. The first-order valence-corrected chi connectivity index (χ1v) is 7.30. The molecule has 0 aliphatic heterocycles. The molecule has 1 aromatic rings. The average Bonchev–Trinajstić information content (AvgIpc) is 2.42. The van der Waals surface area contributed by atoms with Crippen LogP contribution in [0.2, 0.25) is 5.15 Å². The van der Waals surface area contributed by atoms with Gasteiger partial charge in [-0.25, -0.2) is 4.98 Å². The van der Waals surface area contributed by atoms with E-state index in [1.54, 1.807) is 18.3 Å². The van der Waals surface area contributed by atoms with Crippen LogP contribution in [0.15, 0.2) is 18.3 Å². The second-order valence-electron chi connectivity index (χ2n) is 5.37. The van der Waals surface area contributed by atoms with Gasteiger partial charge in [0, 0.05) is 18.3 Å². The van der Waals surface area contributed by atoms with Crippen LogP contribution in [0.3, 0.4) is 0 Å². The Labute approximate surface area is 124 Å². The van der Waals surface area contributed by atoms with E-state index in [9.17, 15) is 4.79 Å². The summed E-state index contributed by atoms with van der Waals surface area (Å²) in [5.74, 6) is -0.0720. The monoisotopic (exact) mass is 296 g/mol. The fraction of sp³-hybridized carbons (Fsp3) is 0.571. The van der Waals surface area contributed by atoms with Gasteiger partial charge in [0.25, 0.3) is 0 Å². The first-order chi connectivity index (χ1) is 9.56. The van der Waals surface area contributed by atoms with E-state index in [0.717, 1.165) is 25.7 Å². The number of rotatable bonds is 4. The van der Waals surface area contributed by atoms with Gasteiger partial charge < -0.3 is 11.1 Å². The smallest absolute Gasteiger partial charge is 0.238 e. The molecule has 110 valence electrons. The Bertz CT molecular complexity index is 460. The number of anilines is 1. The maximum Gasteiger partial charge on any atom is 0.238 e. The highest BCUT2D eigenvalue weighted by molar-refractivity contribution is 6.32. The molecule has 1 amide bonds. The third kappa shape index (κ3) is 4.16. The van der Waals surface area contributed by atoms with Crippen molar-refractivity contribution in [1.29, 1.82) is 0 Å². The molecular weight excluding hydrogens is 276 g/mol. The number of hydrogen-bond acceptors (Lipinski definition) is 4. The van der Waals surface area contributed by atoms with Gasteiger partial charge in [0.05, 0.1) is 12.2 Å². The summed E-state index contributed by atoms with van der Waals surface area (Å²) in [6.45, 7) is 0.352. The van der Waals surface area contributed by atoms with Crippen LogP contribution >= 0.6 is 11.6 Å². The molecule has 20 heavy (non-hydrogen) atoms. The Morgan fingerprint density at radius 1 is 1.50 bits per heavy atom. The minimum Gasteiger partial charge on any atom is -0.328 e. The normalized spacial score (nSPS) is 22.8. The molecule has 0 aromatic carbocycles. The zero-order valence-corrected chi connectivity index (χ0v) is 12.4. The lowest BCUT2D eigenvalue weighted by Gasteiger charge is -2.33. The van der Waals surface area contributed by atoms with Crippen LogP contribution in [0.5, 0.6) is 0 Å². The second kappa shape index (κ2) is 7.02. The van der Waals surface area contributed by atoms with Gasteiger partial charge in [-0.2, -0.15) is 0 Å². The summed E-state index contributed by atoms with van der Waals surface area (Å²) in [6, 6.07) is 4.24. The largest absolute Gasteiger partial charge is 0.328 e. The van der Waals surface area contributed by atoms with Gasteiger partial charge in [0.15, 0.2) is 5.15 Å². The lowest BCUT2D eigenvalue weighted by Crippen LogP contribution is -2.42. The summed E-state index contributed by atoms with van der Waals surface area (Å²) in [7, 11) is 1.98. The molecule has 6 heteroatoms. The Balaban J connectivity index is 1.84. The molecule has 3 N–H and O–H groups in total. The fourth-order valence-electron chi connectivity index (χ4n) is 2.57. The van der Waals surface area contributed by atoms with Gasteiger partial charge in [0.1, 0.15) is 0 Å². The van der Waals surface area contributed by atoms with Crippen LogP contribution < -0.4 is 11.1 Å².